The first-order valence-corrected chi connectivity index (χ1v) is 7.47. The number of sulfonamides is 1. The van der Waals surface area contributed by atoms with E-state index in [4.69, 9.17) is 0 Å². The largest absolute Gasteiger partial charge is 0.304 e. The van der Waals surface area contributed by atoms with Gasteiger partial charge < -0.3 is 4.90 Å². The zero-order valence-electron chi connectivity index (χ0n) is 10.4. The molecule has 0 saturated carbocycles. The van der Waals surface area contributed by atoms with Gasteiger partial charge in [0.1, 0.15) is 0 Å². The monoisotopic (exact) mass is 236 g/mol. The van der Waals surface area contributed by atoms with Crippen LogP contribution < -0.4 is 0 Å². The van der Waals surface area contributed by atoms with Crippen molar-refractivity contribution >= 4 is 10.0 Å². The van der Waals surface area contributed by atoms with E-state index in [9.17, 15) is 8.42 Å². The highest BCUT2D eigenvalue weighted by Crippen LogP contribution is 2.00. The number of hydrogen-bond donors (Lipinski definition) is 0. The Hall–Kier alpha value is -0.130. The molecule has 0 spiro atoms. The van der Waals surface area contributed by atoms with Crippen molar-refractivity contribution < 1.29 is 8.42 Å². The van der Waals surface area contributed by atoms with E-state index in [0.29, 0.717) is 13.1 Å². The molecule has 0 atom stereocenters. The lowest BCUT2D eigenvalue weighted by Crippen LogP contribution is -2.33. The summed E-state index contributed by atoms with van der Waals surface area (Å²) < 4.78 is 24.1. The molecule has 5 heteroatoms. The molecule has 0 aromatic carbocycles. The molecule has 0 saturated heterocycles. The third-order valence-corrected chi connectivity index (χ3v) is 3.98. The molecule has 0 aliphatic heterocycles. The average Bonchev–Trinajstić information content (AvgIpc) is 2.16. The molecule has 0 rings (SSSR count). The summed E-state index contributed by atoms with van der Waals surface area (Å²) in [6.07, 6.45) is 2.18. The molecule has 0 bridgehead atoms. The van der Waals surface area contributed by atoms with Gasteiger partial charge in [0.05, 0.1) is 6.26 Å². The minimum atomic E-state index is -3.01. The zero-order chi connectivity index (χ0) is 11.9. The summed E-state index contributed by atoms with van der Waals surface area (Å²) in [4.78, 5) is 2.30. The molecule has 15 heavy (non-hydrogen) atoms. The Morgan fingerprint density at radius 3 is 1.80 bits per heavy atom. The molecule has 0 aromatic heterocycles. The van der Waals surface area contributed by atoms with E-state index in [1.807, 2.05) is 6.92 Å². The van der Waals surface area contributed by atoms with Crippen LogP contribution in [0.15, 0.2) is 0 Å². The molecule has 92 valence electrons. The molecule has 0 radical (unpaired) electrons. The molecule has 0 amide bonds. The van der Waals surface area contributed by atoms with Crippen LogP contribution >= 0.6 is 0 Å². The Kier molecular flexibility index (Phi) is 7.13. The lowest BCUT2D eigenvalue weighted by Gasteiger charge is -2.21. The minimum Gasteiger partial charge on any atom is -0.304 e. The van der Waals surface area contributed by atoms with Gasteiger partial charge in [-0.05, 0) is 26.1 Å². The first kappa shape index (κ1) is 14.9. The summed E-state index contributed by atoms with van der Waals surface area (Å²) in [5, 5.41) is 0. The third-order valence-electron chi connectivity index (χ3n) is 2.60. The lowest BCUT2D eigenvalue weighted by molar-refractivity contribution is 0.285. The first-order chi connectivity index (χ1) is 6.95. The number of rotatable bonds is 8. The molecule has 0 N–H and O–H groups in total. The SMILES string of the molecule is CCN(CC)CCCN(CC)S(C)(=O)=O. The van der Waals surface area contributed by atoms with Crippen LogP contribution in [0.4, 0.5) is 0 Å². The predicted molar refractivity (Wildman–Crippen MR) is 64.5 cm³/mol. The topological polar surface area (TPSA) is 40.6 Å². The highest BCUT2D eigenvalue weighted by atomic mass is 32.2. The lowest BCUT2D eigenvalue weighted by atomic mass is 10.3. The van der Waals surface area contributed by atoms with Crippen LogP contribution in [0.5, 0.6) is 0 Å². The number of nitrogens with zero attached hydrogens (tertiary/aromatic N) is 2. The van der Waals surface area contributed by atoms with Crippen LogP contribution in [0.3, 0.4) is 0 Å². The van der Waals surface area contributed by atoms with Crippen molar-refractivity contribution in [2.75, 3.05) is 39.0 Å². The zero-order valence-corrected chi connectivity index (χ0v) is 11.2. The molecule has 0 fully saturated rings. The van der Waals surface area contributed by atoms with Gasteiger partial charge in [0.15, 0.2) is 0 Å². The van der Waals surface area contributed by atoms with Crippen molar-refractivity contribution in [2.45, 2.75) is 27.2 Å². The quantitative estimate of drug-likeness (QED) is 0.631. The molecular formula is C10H24N2O2S. The van der Waals surface area contributed by atoms with Gasteiger partial charge in [-0.1, -0.05) is 20.8 Å². The second kappa shape index (κ2) is 7.19. The summed E-state index contributed by atoms with van der Waals surface area (Å²) in [5.74, 6) is 0. The normalized spacial score (nSPS) is 12.7. The van der Waals surface area contributed by atoms with Gasteiger partial charge in [-0.25, -0.2) is 12.7 Å². The molecule has 0 heterocycles. The van der Waals surface area contributed by atoms with Crippen LogP contribution in [-0.2, 0) is 10.0 Å². The number of hydrogen-bond acceptors (Lipinski definition) is 3. The fraction of sp³-hybridized carbons (Fsp3) is 1.00. The van der Waals surface area contributed by atoms with Crippen LogP contribution in [-0.4, -0.2) is 56.6 Å². The van der Waals surface area contributed by atoms with Crippen molar-refractivity contribution in [1.29, 1.82) is 0 Å². The standard InChI is InChI=1S/C10H24N2O2S/c1-5-11(6-2)9-8-10-12(7-3)15(4,13)14/h5-10H2,1-4H3. The van der Waals surface area contributed by atoms with Crippen LogP contribution in [0.2, 0.25) is 0 Å². The Morgan fingerprint density at radius 1 is 0.933 bits per heavy atom. The second-order valence-corrected chi connectivity index (χ2v) is 5.62. The predicted octanol–water partition coefficient (Wildman–Crippen LogP) is 1.000. The Morgan fingerprint density at radius 2 is 1.47 bits per heavy atom. The Balaban J connectivity index is 3.93. The van der Waals surface area contributed by atoms with E-state index >= 15 is 0 Å². The van der Waals surface area contributed by atoms with E-state index < -0.39 is 10.0 Å². The molecule has 0 aromatic rings. The van der Waals surface area contributed by atoms with Gasteiger partial charge in [-0.15, -0.1) is 0 Å². The van der Waals surface area contributed by atoms with E-state index in [2.05, 4.69) is 18.7 Å². The maximum atomic E-state index is 11.3. The van der Waals surface area contributed by atoms with Gasteiger partial charge in [0.2, 0.25) is 10.0 Å². The van der Waals surface area contributed by atoms with Gasteiger partial charge in [0.25, 0.3) is 0 Å². The van der Waals surface area contributed by atoms with E-state index in [1.54, 1.807) is 0 Å². The molecule has 0 aliphatic carbocycles. The van der Waals surface area contributed by atoms with E-state index in [1.165, 1.54) is 10.6 Å². The van der Waals surface area contributed by atoms with Gasteiger partial charge >= 0.3 is 0 Å². The smallest absolute Gasteiger partial charge is 0.211 e. The molecule has 4 nitrogen and oxygen atoms in total. The van der Waals surface area contributed by atoms with E-state index in [-0.39, 0.29) is 0 Å². The summed E-state index contributed by atoms with van der Waals surface area (Å²) in [6, 6.07) is 0. The van der Waals surface area contributed by atoms with Crippen molar-refractivity contribution in [2.24, 2.45) is 0 Å². The first-order valence-electron chi connectivity index (χ1n) is 5.63. The van der Waals surface area contributed by atoms with Crippen molar-refractivity contribution in [3.63, 3.8) is 0 Å². The average molecular weight is 236 g/mol. The van der Waals surface area contributed by atoms with Gasteiger partial charge in [-0.3, -0.25) is 0 Å². The van der Waals surface area contributed by atoms with Crippen LogP contribution in [0.25, 0.3) is 0 Å². The summed E-state index contributed by atoms with van der Waals surface area (Å²) in [6.45, 7) is 10.3. The summed E-state index contributed by atoms with van der Waals surface area (Å²) >= 11 is 0. The van der Waals surface area contributed by atoms with Crippen molar-refractivity contribution in [3.05, 3.63) is 0 Å². The van der Waals surface area contributed by atoms with Crippen molar-refractivity contribution in [3.8, 4) is 0 Å². The van der Waals surface area contributed by atoms with Gasteiger partial charge in [0, 0.05) is 13.1 Å². The van der Waals surface area contributed by atoms with Gasteiger partial charge in [-0.2, -0.15) is 0 Å². The Labute approximate surface area is 94.3 Å². The molecule has 0 unspecified atom stereocenters. The molecule has 0 aliphatic rings. The van der Waals surface area contributed by atoms with Crippen LogP contribution in [0.1, 0.15) is 27.2 Å². The maximum Gasteiger partial charge on any atom is 0.211 e. The van der Waals surface area contributed by atoms with Crippen LogP contribution in [0, 0.1) is 0 Å². The van der Waals surface area contributed by atoms with E-state index in [0.717, 1.165) is 26.1 Å². The fourth-order valence-corrected chi connectivity index (χ4v) is 2.50. The Bertz CT molecular complexity index is 248. The van der Waals surface area contributed by atoms with Crippen molar-refractivity contribution in [1.82, 2.24) is 9.21 Å². The maximum absolute atomic E-state index is 11.3. The molecular weight excluding hydrogens is 212 g/mol. The highest BCUT2D eigenvalue weighted by Gasteiger charge is 2.13. The highest BCUT2D eigenvalue weighted by molar-refractivity contribution is 7.88. The fourth-order valence-electron chi connectivity index (χ4n) is 1.57. The minimum absolute atomic E-state index is 0.567. The second-order valence-electron chi connectivity index (χ2n) is 3.64. The summed E-state index contributed by atoms with van der Waals surface area (Å²) in [5.41, 5.74) is 0. The third kappa shape index (κ3) is 6.12. The summed E-state index contributed by atoms with van der Waals surface area (Å²) in [7, 11) is -3.01.